The first kappa shape index (κ1) is 7.92. The van der Waals surface area contributed by atoms with E-state index in [-0.39, 0.29) is 0 Å². The molecule has 0 heterocycles. The summed E-state index contributed by atoms with van der Waals surface area (Å²) in [5, 5.41) is 7.24. The van der Waals surface area contributed by atoms with Crippen LogP contribution in [0.25, 0.3) is 0 Å². The van der Waals surface area contributed by atoms with E-state index >= 15 is 0 Å². The van der Waals surface area contributed by atoms with Crippen molar-refractivity contribution < 1.29 is 0 Å². The van der Waals surface area contributed by atoms with Crippen molar-refractivity contribution in [1.29, 1.82) is 0 Å². The van der Waals surface area contributed by atoms with Gasteiger partial charge in [-0.1, -0.05) is 0 Å². The maximum absolute atomic E-state index is 4.02. The number of hydrogen-bond donors (Lipinski definition) is 1. The van der Waals surface area contributed by atoms with E-state index in [0.29, 0.717) is 12.2 Å². The Morgan fingerprint density at radius 1 is 1.25 bits per heavy atom. The van der Waals surface area contributed by atoms with E-state index in [1.54, 1.807) is 0 Å². The van der Waals surface area contributed by atoms with Gasteiger partial charge in [-0.3, -0.25) is 5.32 Å². The summed E-state index contributed by atoms with van der Waals surface area (Å²) in [4.78, 5) is 0. The van der Waals surface area contributed by atoms with Gasteiger partial charge in [-0.25, -0.2) is 5.32 Å². The van der Waals surface area contributed by atoms with Gasteiger partial charge in [0.15, 0.2) is 0 Å². The second-order valence-electron chi connectivity index (χ2n) is 2.26. The van der Waals surface area contributed by atoms with Crippen molar-refractivity contribution in [2.75, 3.05) is 7.05 Å². The fourth-order valence-electron chi connectivity index (χ4n) is 0.557. The van der Waals surface area contributed by atoms with Crippen LogP contribution in [0.4, 0.5) is 0 Å². The molecule has 0 rings (SSSR count). The molecule has 0 fully saturated rings. The van der Waals surface area contributed by atoms with Crippen molar-refractivity contribution in [1.82, 2.24) is 10.6 Å². The monoisotopic (exact) mass is 115 g/mol. The normalized spacial score (nSPS) is 14.6. The molecule has 0 aromatic rings. The van der Waals surface area contributed by atoms with E-state index in [2.05, 4.69) is 24.5 Å². The Morgan fingerprint density at radius 3 is 1.88 bits per heavy atom. The molecular formula is C6H15N2. The number of nitrogens with zero attached hydrogens (tertiary/aromatic N) is 1. The van der Waals surface area contributed by atoms with E-state index in [1.807, 2.05) is 14.0 Å². The first-order valence-electron chi connectivity index (χ1n) is 3.01. The highest BCUT2D eigenvalue weighted by atomic mass is 15.1. The predicted octanol–water partition coefficient (Wildman–Crippen LogP) is 0.565. The third kappa shape index (κ3) is 4.09. The molecule has 0 bridgehead atoms. The van der Waals surface area contributed by atoms with Crippen LogP contribution >= 0.6 is 0 Å². The molecule has 0 saturated heterocycles. The van der Waals surface area contributed by atoms with Crippen LogP contribution in [0.5, 0.6) is 0 Å². The van der Waals surface area contributed by atoms with E-state index in [0.717, 1.165) is 0 Å². The predicted molar refractivity (Wildman–Crippen MR) is 35.8 cm³/mol. The average Bonchev–Trinajstić information content (AvgIpc) is 1.65. The van der Waals surface area contributed by atoms with Crippen molar-refractivity contribution in [3.8, 4) is 0 Å². The van der Waals surface area contributed by atoms with Crippen molar-refractivity contribution in [2.45, 2.75) is 33.0 Å². The molecule has 0 aliphatic carbocycles. The van der Waals surface area contributed by atoms with Crippen LogP contribution in [0.1, 0.15) is 20.8 Å². The van der Waals surface area contributed by atoms with Gasteiger partial charge in [0.1, 0.15) is 0 Å². The minimum absolute atomic E-state index is 0.301. The Balaban J connectivity index is 3.10. The maximum atomic E-state index is 4.02. The fraction of sp³-hybridized carbons (Fsp3) is 1.00. The highest BCUT2D eigenvalue weighted by Crippen LogP contribution is 1.79. The third-order valence-electron chi connectivity index (χ3n) is 0.962. The van der Waals surface area contributed by atoms with Gasteiger partial charge in [-0.2, -0.15) is 0 Å². The van der Waals surface area contributed by atoms with Gasteiger partial charge in [0.05, 0.1) is 6.17 Å². The summed E-state index contributed by atoms with van der Waals surface area (Å²) >= 11 is 0. The summed E-state index contributed by atoms with van der Waals surface area (Å²) in [5.41, 5.74) is 0. The molecular weight excluding hydrogens is 100 g/mol. The molecule has 0 saturated carbocycles. The lowest BCUT2D eigenvalue weighted by Crippen LogP contribution is -2.37. The highest BCUT2D eigenvalue weighted by Gasteiger charge is 1.97. The summed E-state index contributed by atoms with van der Waals surface area (Å²) in [6.45, 7) is 6.27. The van der Waals surface area contributed by atoms with Crippen molar-refractivity contribution in [3.05, 3.63) is 0 Å². The van der Waals surface area contributed by atoms with Crippen LogP contribution in [-0.4, -0.2) is 19.3 Å². The van der Waals surface area contributed by atoms with Crippen molar-refractivity contribution in [2.24, 2.45) is 0 Å². The Hall–Kier alpha value is -0.0800. The summed E-state index contributed by atoms with van der Waals surface area (Å²) in [5.74, 6) is 0. The van der Waals surface area contributed by atoms with Crippen molar-refractivity contribution in [3.63, 3.8) is 0 Å². The van der Waals surface area contributed by atoms with Crippen LogP contribution in [0, 0.1) is 0 Å². The number of hydrogen-bond acceptors (Lipinski definition) is 1. The van der Waals surface area contributed by atoms with E-state index in [9.17, 15) is 0 Å². The Bertz CT molecular complexity index is 52.5. The van der Waals surface area contributed by atoms with Gasteiger partial charge in [-0.05, 0) is 20.8 Å². The van der Waals surface area contributed by atoms with Crippen LogP contribution < -0.4 is 10.6 Å². The van der Waals surface area contributed by atoms with E-state index in [4.69, 9.17) is 0 Å². The summed E-state index contributed by atoms with van der Waals surface area (Å²) in [6.07, 6.45) is 0.301. The highest BCUT2D eigenvalue weighted by molar-refractivity contribution is 4.57. The summed E-state index contributed by atoms with van der Waals surface area (Å²) < 4.78 is 0. The Kier molecular flexibility index (Phi) is 3.83. The van der Waals surface area contributed by atoms with Crippen LogP contribution in [0.15, 0.2) is 0 Å². The van der Waals surface area contributed by atoms with Gasteiger partial charge in [-0.15, -0.1) is 0 Å². The lowest BCUT2D eigenvalue weighted by atomic mass is 10.4. The number of rotatable bonds is 3. The quantitative estimate of drug-likeness (QED) is 0.571. The molecule has 1 radical (unpaired) electrons. The molecule has 1 unspecified atom stereocenters. The zero-order valence-corrected chi connectivity index (χ0v) is 6.10. The van der Waals surface area contributed by atoms with E-state index < -0.39 is 0 Å². The molecule has 0 aliphatic rings. The molecule has 0 aliphatic heterocycles. The smallest absolute Gasteiger partial charge is 0.0705 e. The SMILES string of the molecule is C[N]C(C)NC(C)C. The molecule has 0 amide bonds. The summed E-state index contributed by atoms with van der Waals surface area (Å²) in [7, 11) is 1.82. The van der Waals surface area contributed by atoms with Gasteiger partial charge >= 0.3 is 0 Å². The minimum atomic E-state index is 0.301. The zero-order chi connectivity index (χ0) is 6.57. The van der Waals surface area contributed by atoms with Crippen LogP contribution in [0.2, 0.25) is 0 Å². The van der Waals surface area contributed by atoms with Crippen molar-refractivity contribution >= 4 is 0 Å². The second kappa shape index (κ2) is 3.87. The molecule has 8 heavy (non-hydrogen) atoms. The zero-order valence-electron chi connectivity index (χ0n) is 6.10. The maximum Gasteiger partial charge on any atom is 0.0705 e. The molecule has 0 spiro atoms. The standard InChI is InChI=1S/C6H15N2/c1-5(2)8-6(3)7-4/h5-6,8H,1-4H3. The first-order valence-corrected chi connectivity index (χ1v) is 3.01. The summed E-state index contributed by atoms with van der Waals surface area (Å²) in [6, 6.07) is 0.536. The molecule has 1 N–H and O–H groups in total. The van der Waals surface area contributed by atoms with Gasteiger partial charge in [0.2, 0.25) is 0 Å². The average molecular weight is 115 g/mol. The third-order valence-corrected chi connectivity index (χ3v) is 0.962. The Labute approximate surface area is 51.7 Å². The first-order chi connectivity index (χ1) is 3.66. The van der Waals surface area contributed by atoms with Crippen LogP contribution in [0.3, 0.4) is 0 Å². The molecule has 0 aromatic heterocycles. The second-order valence-corrected chi connectivity index (χ2v) is 2.26. The minimum Gasteiger partial charge on any atom is -0.299 e. The lowest BCUT2D eigenvalue weighted by molar-refractivity contribution is 0.439. The van der Waals surface area contributed by atoms with Gasteiger partial charge in [0.25, 0.3) is 0 Å². The molecule has 0 aromatic carbocycles. The molecule has 2 nitrogen and oxygen atoms in total. The number of nitrogens with one attached hydrogen (secondary N) is 1. The van der Waals surface area contributed by atoms with E-state index in [1.165, 1.54) is 0 Å². The van der Waals surface area contributed by atoms with Gasteiger partial charge < -0.3 is 0 Å². The lowest BCUT2D eigenvalue weighted by Gasteiger charge is -2.13. The Morgan fingerprint density at radius 2 is 1.75 bits per heavy atom. The largest absolute Gasteiger partial charge is 0.299 e. The molecule has 49 valence electrons. The molecule has 2 heteroatoms. The fourth-order valence-corrected chi connectivity index (χ4v) is 0.557. The van der Waals surface area contributed by atoms with Crippen LogP contribution in [-0.2, 0) is 0 Å². The topological polar surface area (TPSA) is 26.1 Å². The van der Waals surface area contributed by atoms with Gasteiger partial charge in [0, 0.05) is 13.1 Å². The molecule has 1 atom stereocenters.